The average molecular weight is 271 g/mol. The minimum Gasteiger partial charge on any atom is -0.481 e. The number of aliphatic carboxylic acids is 2. The van der Waals surface area contributed by atoms with Crippen LogP contribution in [0.25, 0.3) is 0 Å². The van der Waals surface area contributed by atoms with Gasteiger partial charge in [0.1, 0.15) is 6.04 Å². The maximum Gasteiger partial charge on any atom is 0.326 e. The maximum absolute atomic E-state index is 11.9. The molecule has 1 aliphatic carbocycles. The van der Waals surface area contributed by atoms with E-state index in [1.54, 1.807) is 13.8 Å². The highest BCUT2D eigenvalue weighted by atomic mass is 16.4. The fraction of sp³-hybridized carbons (Fsp3) is 0.769. The molecule has 1 atom stereocenters. The zero-order chi connectivity index (χ0) is 14.6. The number of amides is 1. The number of hydrogen-bond donors (Lipinski definition) is 3. The van der Waals surface area contributed by atoms with Crippen LogP contribution in [0.2, 0.25) is 0 Å². The summed E-state index contributed by atoms with van der Waals surface area (Å²) in [4.78, 5) is 34.2. The molecule has 0 saturated heterocycles. The third-order valence-corrected chi connectivity index (χ3v) is 3.76. The van der Waals surface area contributed by atoms with Gasteiger partial charge in [0.25, 0.3) is 0 Å². The summed E-state index contributed by atoms with van der Waals surface area (Å²) in [6.07, 6.45) is 2.42. The van der Waals surface area contributed by atoms with Crippen molar-refractivity contribution in [1.29, 1.82) is 0 Å². The van der Waals surface area contributed by atoms with Gasteiger partial charge in [-0.3, -0.25) is 9.59 Å². The van der Waals surface area contributed by atoms with Gasteiger partial charge in [0.15, 0.2) is 0 Å². The van der Waals surface area contributed by atoms with Crippen molar-refractivity contribution < 1.29 is 24.6 Å². The van der Waals surface area contributed by atoms with Crippen molar-refractivity contribution in [1.82, 2.24) is 5.32 Å². The number of rotatable bonds is 6. The topological polar surface area (TPSA) is 104 Å². The Bertz CT molecular complexity index is 371. The van der Waals surface area contributed by atoms with Gasteiger partial charge >= 0.3 is 11.9 Å². The van der Waals surface area contributed by atoms with Crippen LogP contribution >= 0.6 is 0 Å². The molecule has 1 amide bonds. The van der Waals surface area contributed by atoms with Crippen molar-refractivity contribution in [2.24, 2.45) is 11.3 Å². The van der Waals surface area contributed by atoms with Crippen LogP contribution in [-0.2, 0) is 14.4 Å². The molecule has 6 heteroatoms. The molecule has 3 N–H and O–H groups in total. The zero-order valence-electron chi connectivity index (χ0n) is 11.3. The molecule has 1 saturated carbocycles. The summed E-state index contributed by atoms with van der Waals surface area (Å²) in [7, 11) is 0. The SMILES string of the molecule is CC(C)C(NC(=O)CC1(C(=O)O)CCCC1)C(=O)O. The Labute approximate surface area is 112 Å². The second kappa shape index (κ2) is 6.04. The molecule has 0 aromatic heterocycles. The molecule has 0 spiro atoms. The number of carbonyl (C=O) groups is 3. The standard InChI is InChI=1S/C13H21NO5/c1-8(2)10(11(16)17)14-9(15)7-13(12(18)19)5-3-4-6-13/h8,10H,3-7H2,1-2H3,(H,14,15)(H,16,17)(H,18,19). The molecular formula is C13H21NO5. The van der Waals surface area contributed by atoms with E-state index in [1.165, 1.54) is 0 Å². The van der Waals surface area contributed by atoms with Gasteiger partial charge in [-0.05, 0) is 18.8 Å². The number of hydrogen-bond acceptors (Lipinski definition) is 3. The predicted molar refractivity (Wildman–Crippen MR) is 67.6 cm³/mol. The Kier molecular flexibility index (Phi) is 4.91. The van der Waals surface area contributed by atoms with Crippen LogP contribution in [-0.4, -0.2) is 34.1 Å². The van der Waals surface area contributed by atoms with Crippen LogP contribution in [0.5, 0.6) is 0 Å². The molecule has 0 aromatic carbocycles. The van der Waals surface area contributed by atoms with Crippen molar-refractivity contribution in [2.75, 3.05) is 0 Å². The van der Waals surface area contributed by atoms with Crippen molar-refractivity contribution in [3.8, 4) is 0 Å². The highest BCUT2D eigenvalue weighted by Crippen LogP contribution is 2.41. The van der Waals surface area contributed by atoms with Crippen LogP contribution in [0.3, 0.4) is 0 Å². The molecule has 6 nitrogen and oxygen atoms in total. The lowest BCUT2D eigenvalue weighted by Gasteiger charge is -2.25. The van der Waals surface area contributed by atoms with Crippen molar-refractivity contribution in [3.63, 3.8) is 0 Å². The predicted octanol–water partition coefficient (Wildman–Crippen LogP) is 1.25. The van der Waals surface area contributed by atoms with Crippen LogP contribution in [0.15, 0.2) is 0 Å². The normalized spacial score (nSPS) is 19.1. The van der Waals surface area contributed by atoms with Gasteiger partial charge in [-0.2, -0.15) is 0 Å². The summed E-state index contributed by atoms with van der Waals surface area (Å²) >= 11 is 0. The van der Waals surface area contributed by atoms with Gasteiger partial charge in [0.05, 0.1) is 5.41 Å². The second-order valence-corrected chi connectivity index (χ2v) is 5.60. The van der Waals surface area contributed by atoms with Crippen LogP contribution in [0.1, 0.15) is 46.0 Å². The molecule has 0 radical (unpaired) electrons. The van der Waals surface area contributed by atoms with E-state index >= 15 is 0 Å². The molecule has 0 bridgehead atoms. The average Bonchev–Trinajstić information content (AvgIpc) is 2.74. The van der Waals surface area contributed by atoms with Crippen molar-refractivity contribution >= 4 is 17.8 Å². The third-order valence-electron chi connectivity index (χ3n) is 3.76. The number of carboxylic acid groups (broad SMARTS) is 2. The molecule has 1 unspecified atom stereocenters. The van der Waals surface area contributed by atoms with E-state index in [9.17, 15) is 19.5 Å². The summed E-state index contributed by atoms with van der Waals surface area (Å²) in [5.74, 6) is -2.80. The van der Waals surface area contributed by atoms with Gasteiger partial charge in [-0.15, -0.1) is 0 Å². The van der Waals surface area contributed by atoms with Gasteiger partial charge < -0.3 is 15.5 Å². The Morgan fingerprint density at radius 2 is 1.68 bits per heavy atom. The minimum atomic E-state index is -1.10. The Morgan fingerprint density at radius 1 is 1.16 bits per heavy atom. The smallest absolute Gasteiger partial charge is 0.326 e. The first kappa shape index (κ1) is 15.5. The second-order valence-electron chi connectivity index (χ2n) is 5.60. The fourth-order valence-corrected chi connectivity index (χ4v) is 2.56. The van der Waals surface area contributed by atoms with Crippen molar-refractivity contribution in [2.45, 2.75) is 52.0 Å². The van der Waals surface area contributed by atoms with Gasteiger partial charge in [-0.1, -0.05) is 26.7 Å². The largest absolute Gasteiger partial charge is 0.481 e. The Morgan fingerprint density at radius 3 is 2.05 bits per heavy atom. The molecule has 1 aliphatic rings. The molecule has 0 heterocycles. The fourth-order valence-electron chi connectivity index (χ4n) is 2.56. The number of nitrogens with one attached hydrogen (secondary N) is 1. The van der Waals surface area contributed by atoms with E-state index in [0.29, 0.717) is 12.8 Å². The highest BCUT2D eigenvalue weighted by molar-refractivity contribution is 5.88. The molecule has 1 fully saturated rings. The number of carbonyl (C=O) groups excluding carboxylic acids is 1. The third kappa shape index (κ3) is 3.68. The highest BCUT2D eigenvalue weighted by Gasteiger charge is 2.43. The van der Waals surface area contributed by atoms with E-state index in [-0.39, 0.29) is 12.3 Å². The first-order valence-corrected chi connectivity index (χ1v) is 6.54. The maximum atomic E-state index is 11.9. The van der Waals surface area contributed by atoms with Gasteiger partial charge in [-0.25, -0.2) is 4.79 Å². The van der Waals surface area contributed by atoms with E-state index in [2.05, 4.69) is 5.32 Å². The Hall–Kier alpha value is -1.59. The molecule has 0 aliphatic heterocycles. The summed E-state index contributed by atoms with van der Waals surface area (Å²) in [6.45, 7) is 3.39. The van der Waals surface area contributed by atoms with E-state index < -0.39 is 29.3 Å². The minimum absolute atomic E-state index is 0.140. The quantitative estimate of drug-likeness (QED) is 0.674. The van der Waals surface area contributed by atoms with E-state index in [0.717, 1.165) is 12.8 Å². The summed E-state index contributed by atoms with van der Waals surface area (Å²) < 4.78 is 0. The molecule has 1 rings (SSSR count). The lowest BCUT2D eigenvalue weighted by Crippen LogP contribution is -2.46. The lowest BCUT2D eigenvalue weighted by molar-refractivity contribution is -0.152. The first-order valence-electron chi connectivity index (χ1n) is 6.54. The molecular weight excluding hydrogens is 250 g/mol. The Balaban J connectivity index is 2.68. The summed E-state index contributed by atoms with van der Waals surface area (Å²) in [5.41, 5.74) is -1.01. The van der Waals surface area contributed by atoms with Crippen LogP contribution < -0.4 is 5.32 Å². The molecule has 0 aromatic rings. The zero-order valence-corrected chi connectivity index (χ0v) is 11.3. The van der Waals surface area contributed by atoms with E-state index in [4.69, 9.17) is 5.11 Å². The van der Waals surface area contributed by atoms with Crippen LogP contribution in [0, 0.1) is 11.3 Å². The van der Waals surface area contributed by atoms with Gasteiger partial charge in [0, 0.05) is 6.42 Å². The van der Waals surface area contributed by atoms with Gasteiger partial charge in [0.2, 0.25) is 5.91 Å². The van der Waals surface area contributed by atoms with Crippen molar-refractivity contribution in [3.05, 3.63) is 0 Å². The van der Waals surface area contributed by atoms with Crippen LogP contribution in [0.4, 0.5) is 0 Å². The summed E-state index contributed by atoms with van der Waals surface area (Å²) in [5, 5.41) is 20.7. The lowest BCUT2D eigenvalue weighted by atomic mass is 9.82. The molecule has 108 valence electrons. The summed E-state index contributed by atoms with van der Waals surface area (Å²) in [6, 6.07) is -0.972. The molecule has 19 heavy (non-hydrogen) atoms. The van der Waals surface area contributed by atoms with E-state index in [1.807, 2.05) is 0 Å². The first-order chi connectivity index (χ1) is 8.78. The number of carboxylic acids is 2. The monoisotopic (exact) mass is 271 g/mol.